The Kier molecular flexibility index (Phi) is 8.03. The zero-order chi connectivity index (χ0) is 17.5. The molecule has 0 saturated carbocycles. The lowest BCUT2D eigenvalue weighted by Crippen LogP contribution is -2.34. The van der Waals surface area contributed by atoms with Gasteiger partial charge in [-0.3, -0.25) is 0 Å². The third-order valence-electron chi connectivity index (χ3n) is 4.11. The molecule has 0 N–H and O–H groups in total. The molecule has 0 spiro atoms. The minimum atomic E-state index is -0.408. The fourth-order valence-electron chi connectivity index (χ4n) is 2.71. The van der Waals surface area contributed by atoms with E-state index in [4.69, 9.17) is 9.15 Å². The monoisotopic (exact) mass is 507 g/mol. The summed E-state index contributed by atoms with van der Waals surface area (Å²) >= 11 is 5.72. The average Bonchev–Trinajstić information content (AvgIpc) is 2.58. The molecule has 0 aliphatic carbocycles. The molecule has 1 atom stereocenters. The average molecular weight is 508 g/mol. The van der Waals surface area contributed by atoms with Crippen LogP contribution in [0.1, 0.15) is 26.7 Å². The van der Waals surface area contributed by atoms with Crippen molar-refractivity contribution < 1.29 is 9.15 Å². The van der Waals surface area contributed by atoms with E-state index in [0.29, 0.717) is 28.5 Å². The third kappa shape index (κ3) is 4.95. The first kappa shape index (κ1) is 19.7. The molecule has 0 bridgehead atoms. The second kappa shape index (κ2) is 9.77. The maximum absolute atomic E-state index is 11.9. The van der Waals surface area contributed by atoms with E-state index in [1.165, 1.54) is 10.8 Å². The van der Waals surface area contributed by atoms with Gasteiger partial charge in [-0.1, -0.05) is 41.6 Å². The lowest BCUT2D eigenvalue weighted by atomic mass is 10.2. The Bertz CT molecular complexity index is 719. The lowest BCUT2D eigenvalue weighted by molar-refractivity contribution is 0.194. The number of hydrogen-bond acceptors (Lipinski definition) is 4. The quantitative estimate of drug-likeness (QED) is 0.210. The van der Waals surface area contributed by atoms with Crippen LogP contribution in [0.15, 0.2) is 37.9 Å². The summed E-state index contributed by atoms with van der Waals surface area (Å²) in [6, 6.07) is 8.02. The number of alkyl halides is 1. The highest BCUT2D eigenvalue weighted by atomic mass is 127. The highest BCUT2D eigenvalue weighted by Crippen LogP contribution is 2.30. The van der Waals surface area contributed by atoms with Crippen molar-refractivity contribution in [2.45, 2.75) is 32.7 Å². The molecule has 0 radical (unpaired) electrons. The summed E-state index contributed by atoms with van der Waals surface area (Å²) in [5, 5.41) is 0.814. The molecular weight excluding hydrogens is 485 g/mol. The molecule has 1 aromatic heterocycles. The molecule has 2 aromatic rings. The van der Waals surface area contributed by atoms with Gasteiger partial charge in [0.05, 0.1) is 12.0 Å². The standard InChI is InChI=1S/C18H23BrINO3/c1-3-21(13(2)9-10-20)11-6-12-23-17-14-7-4-5-8-15(14)24-18(22)16(17)19/h4-5,7-8,13H,3,6,9-12H2,1-2H3. The second-order valence-corrected chi connectivity index (χ2v) is 7.56. The van der Waals surface area contributed by atoms with Gasteiger partial charge in [0, 0.05) is 17.0 Å². The number of hydrogen-bond donors (Lipinski definition) is 0. The summed E-state index contributed by atoms with van der Waals surface area (Å²) < 4.78 is 12.7. The number of para-hydroxylation sites is 1. The smallest absolute Gasteiger partial charge is 0.354 e. The fraction of sp³-hybridized carbons (Fsp3) is 0.500. The number of benzene rings is 1. The Balaban J connectivity index is 2.01. The van der Waals surface area contributed by atoms with Crippen molar-refractivity contribution in [2.24, 2.45) is 0 Å². The largest absolute Gasteiger partial charge is 0.491 e. The van der Waals surface area contributed by atoms with Gasteiger partial charge >= 0.3 is 5.63 Å². The van der Waals surface area contributed by atoms with E-state index < -0.39 is 5.63 Å². The van der Waals surface area contributed by atoms with Crippen LogP contribution in [0.25, 0.3) is 11.0 Å². The Morgan fingerprint density at radius 3 is 2.83 bits per heavy atom. The third-order valence-corrected chi connectivity index (χ3v) is 5.41. The number of halogens is 2. The summed E-state index contributed by atoms with van der Waals surface area (Å²) in [7, 11) is 0. The summed E-state index contributed by atoms with van der Waals surface area (Å²) in [5.41, 5.74) is 0.140. The van der Waals surface area contributed by atoms with Gasteiger partial charge in [-0.05, 0) is 54.4 Å². The van der Waals surface area contributed by atoms with Gasteiger partial charge in [0.25, 0.3) is 0 Å². The number of rotatable bonds is 9. The van der Waals surface area contributed by atoms with E-state index in [1.54, 1.807) is 6.07 Å². The summed E-state index contributed by atoms with van der Waals surface area (Å²) in [6.45, 7) is 7.07. The van der Waals surface area contributed by atoms with Crippen molar-refractivity contribution in [3.8, 4) is 5.75 Å². The maximum Gasteiger partial charge on any atom is 0.354 e. The molecule has 4 nitrogen and oxygen atoms in total. The van der Waals surface area contributed by atoms with Crippen molar-refractivity contribution in [1.82, 2.24) is 4.90 Å². The molecule has 0 aliphatic rings. The van der Waals surface area contributed by atoms with E-state index in [0.717, 1.165) is 24.9 Å². The molecule has 0 aliphatic heterocycles. The maximum atomic E-state index is 11.9. The van der Waals surface area contributed by atoms with Crippen LogP contribution in [0.5, 0.6) is 5.75 Å². The number of nitrogens with zero attached hydrogens (tertiary/aromatic N) is 1. The molecule has 0 amide bonds. The highest BCUT2D eigenvalue weighted by Gasteiger charge is 2.14. The first-order valence-electron chi connectivity index (χ1n) is 8.22. The predicted molar refractivity (Wildman–Crippen MR) is 111 cm³/mol. The second-order valence-electron chi connectivity index (χ2n) is 5.69. The van der Waals surface area contributed by atoms with Crippen molar-refractivity contribution >= 4 is 49.5 Å². The Morgan fingerprint density at radius 2 is 2.12 bits per heavy atom. The minimum Gasteiger partial charge on any atom is -0.491 e. The molecule has 2 rings (SSSR count). The minimum absolute atomic E-state index is 0.354. The van der Waals surface area contributed by atoms with Gasteiger partial charge in [0.2, 0.25) is 0 Å². The fourth-order valence-corrected chi connectivity index (χ4v) is 4.02. The van der Waals surface area contributed by atoms with E-state index in [2.05, 4.69) is 57.3 Å². The molecule has 24 heavy (non-hydrogen) atoms. The van der Waals surface area contributed by atoms with Crippen LogP contribution in [-0.4, -0.2) is 35.1 Å². The lowest BCUT2D eigenvalue weighted by Gasteiger charge is -2.27. The van der Waals surface area contributed by atoms with Crippen molar-refractivity contribution in [3.05, 3.63) is 39.2 Å². The van der Waals surface area contributed by atoms with Gasteiger partial charge in [0.1, 0.15) is 10.1 Å². The van der Waals surface area contributed by atoms with Gasteiger partial charge in [-0.15, -0.1) is 0 Å². The molecule has 0 fully saturated rings. The Hall–Kier alpha value is -0.600. The molecule has 1 aromatic carbocycles. The zero-order valence-electron chi connectivity index (χ0n) is 14.1. The van der Waals surface area contributed by atoms with E-state index in [1.807, 2.05) is 18.2 Å². The number of fused-ring (bicyclic) bond motifs is 1. The van der Waals surface area contributed by atoms with Gasteiger partial charge in [-0.25, -0.2) is 4.79 Å². The molecule has 132 valence electrons. The molecule has 1 heterocycles. The van der Waals surface area contributed by atoms with Crippen molar-refractivity contribution in [1.29, 1.82) is 0 Å². The van der Waals surface area contributed by atoms with E-state index in [-0.39, 0.29) is 0 Å². The summed E-state index contributed by atoms with van der Waals surface area (Å²) in [6.07, 6.45) is 2.12. The first-order chi connectivity index (χ1) is 11.6. The van der Waals surface area contributed by atoms with Crippen LogP contribution in [0.2, 0.25) is 0 Å². The summed E-state index contributed by atoms with van der Waals surface area (Å²) in [5.74, 6) is 0.574. The van der Waals surface area contributed by atoms with Crippen molar-refractivity contribution in [3.63, 3.8) is 0 Å². The highest BCUT2D eigenvalue weighted by molar-refractivity contribution is 14.1. The Labute approximate surface area is 164 Å². The van der Waals surface area contributed by atoms with Crippen LogP contribution in [0.4, 0.5) is 0 Å². The summed E-state index contributed by atoms with van der Waals surface area (Å²) in [4.78, 5) is 14.4. The van der Waals surface area contributed by atoms with Crippen LogP contribution < -0.4 is 10.4 Å². The SMILES string of the molecule is CCN(CCCOc1c(Br)c(=O)oc2ccccc12)C(C)CCI. The molecule has 0 saturated heterocycles. The van der Waals surface area contributed by atoms with Crippen LogP contribution in [0, 0.1) is 0 Å². The first-order valence-corrected chi connectivity index (χ1v) is 10.5. The molecule has 1 unspecified atom stereocenters. The van der Waals surface area contributed by atoms with Gasteiger partial charge in [0.15, 0.2) is 5.75 Å². The van der Waals surface area contributed by atoms with Crippen LogP contribution in [-0.2, 0) is 0 Å². The van der Waals surface area contributed by atoms with Gasteiger partial charge < -0.3 is 14.1 Å². The normalized spacial score (nSPS) is 12.7. The zero-order valence-corrected chi connectivity index (χ0v) is 17.8. The van der Waals surface area contributed by atoms with Crippen molar-refractivity contribution in [2.75, 3.05) is 24.1 Å². The van der Waals surface area contributed by atoms with Crippen LogP contribution >= 0.6 is 38.5 Å². The predicted octanol–water partition coefficient (Wildman–Crippen LogP) is 4.86. The number of ether oxygens (including phenoxy) is 1. The van der Waals surface area contributed by atoms with E-state index >= 15 is 0 Å². The Morgan fingerprint density at radius 1 is 1.38 bits per heavy atom. The topological polar surface area (TPSA) is 42.7 Å². The van der Waals surface area contributed by atoms with E-state index in [9.17, 15) is 4.79 Å². The molecular formula is C18H23BrINO3. The van der Waals surface area contributed by atoms with Gasteiger partial charge in [-0.2, -0.15) is 0 Å². The molecule has 6 heteroatoms. The van der Waals surface area contributed by atoms with Crippen LogP contribution in [0.3, 0.4) is 0 Å².